The summed E-state index contributed by atoms with van der Waals surface area (Å²) in [5.41, 5.74) is 7.45. The number of benzene rings is 1. The first-order valence-corrected chi connectivity index (χ1v) is 8.70. The maximum Gasteiger partial charge on any atom is 0.232 e. The highest BCUT2D eigenvalue weighted by Gasteiger charge is 2.38. The van der Waals surface area contributed by atoms with Crippen molar-refractivity contribution in [2.75, 3.05) is 51.4 Å². The molecule has 0 radical (unpaired) electrons. The van der Waals surface area contributed by atoms with Crippen LogP contribution in [0.4, 0.5) is 5.69 Å². The lowest BCUT2D eigenvalue weighted by Crippen LogP contribution is -2.46. The van der Waals surface area contributed by atoms with E-state index in [0.717, 1.165) is 38.5 Å². The van der Waals surface area contributed by atoms with Gasteiger partial charge < -0.3 is 20.5 Å². The number of amides is 1. The zero-order valence-corrected chi connectivity index (χ0v) is 14.1. The second-order valence-electron chi connectivity index (χ2n) is 6.64. The largest absolute Gasteiger partial charge is 0.381 e. The first-order chi connectivity index (χ1) is 11.7. The molecule has 0 bridgehead atoms. The summed E-state index contributed by atoms with van der Waals surface area (Å²) in [6.45, 7) is 5.91. The molecule has 2 aliphatic heterocycles. The third-order valence-corrected chi connectivity index (χ3v) is 5.02. The zero-order chi connectivity index (χ0) is 16.8. The molecule has 3 rings (SSSR count). The van der Waals surface area contributed by atoms with Gasteiger partial charge >= 0.3 is 0 Å². The summed E-state index contributed by atoms with van der Waals surface area (Å²) in [5.74, 6) is 0.0109. The van der Waals surface area contributed by atoms with Gasteiger partial charge in [0.1, 0.15) is 0 Å². The molecule has 6 nitrogen and oxygen atoms in total. The van der Waals surface area contributed by atoms with Crippen molar-refractivity contribution in [1.82, 2.24) is 4.90 Å². The Labute approximate surface area is 143 Å². The van der Waals surface area contributed by atoms with E-state index in [1.54, 1.807) is 0 Å². The molecule has 24 heavy (non-hydrogen) atoms. The molecule has 1 amide bonds. The van der Waals surface area contributed by atoms with Crippen molar-refractivity contribution < 1.29 is 14.3 Å². The fourth-order valence-corrected chi connectivity index (χ4v) is 3.31. The Morgan fingerprint density at radius 2 is 1.88 bits per heavy atom. The van der Waals surface area contributed by atoms with E-state index in [9.17, 15) is 4.79 Å². The number of nitrogens with one attached hydrogen (secondary N) is 1. The highest BCUT2D eigenvalue weighted by atomic mass is 16.5. The van der Waals surface area contributed by atoms with Gasteiger partial charge in [0.05, 0.1) is 18.6 Å². The Kier molecular flexibility index (Phi) is 5.84. The second kappa shape index (κ2) is 8.07. The summed E-state index contributed by atoms with van der Waals surface area (Å²) >= 11 is 0. The fraction of sp³-hybridized carbons (Fsp3) is 0.611. The number of anilines is 1. The Morgan fingerprint density at radius 1 is 1.17 bits per heavy atom. The maximum atomic E-state index is 12.7. The minimum Gasteiger partial charge on any atom is -0.381 e. The number of nitrogens with two attached hydrogens (primary N) is 1. The summed E-state index contributed by atoms with van der Waals surface area (Å²) in [5, 5.41) is 3.06. The Morgan fingerprint density at radius 3 is 2.58 bits per heavy atom. The molecule has 2 heterocycles. The van der Waals surface area contributed by atoms with Gasteiger partial charge in [0.15, 0.2) is 0 Å². The van der Waals surface area contributed by atoms with Crippen LogP contribution in [0.1, 0.15) is 18.4 Å². The predicted octanol–water partition coefficient (Wildman–Crippen LogP) is 1.21. The fourth-order valence-electron chi connectivity index (χ4n) is 3.31. The van der Waals surface area contributed by atoms with Crippen molar-refractivity contribution in [2.24, 2.45) is 11.1 Å². The van der Waals surface area contributed by atoms with E-state index in [0.29, 0.717) is 32.6 Å². The minimum absolute atomic E-state index is 0.0109. The third-order valence-electron chi connectivity index (χ3n) is 5.02. The molecule has 2 saturated heterocycles. The molecule has 132 valence electrons. The van der Waals surface area contributed by atoms with Crippen molar-refractivity contribution in [1.29, 1.82) is 0 Å². The first kappa shape index (κ1) is 17.4. The van der Waals surface area contributed by atoms with Gasteiger partial charge in [-0.3, -0.25) is 9.69 Å². The van der Waals surface area contributed by atoms with Crippen LogP contribution in [0.25, 0.3) is 0 Å². The minimum atomic E-state index is -0.502. The van der Waals surface area contributed by atoms with Gasteiger partial charge in [0.2, 0.25) is 5.91 Å². The lowest BCUT2D eigenvalue weighted by Gasteiger charge is -2.34. The van der Waals surface area contributed by atoms with E-state index < -0.39 is 5.41 Å². The van der Waals surface area contributed by atoms with Crippen LogP contribution in [0.3, 0.4) is 0 Å². The molecular formula is C18H27N3O3. The van der Waals surface area contributed by atoms with Crippen LogP contribution >= 0.6 is 0 Å². The molecule has 0 atom stereocenters. The number of ether oxygens (including phenoxy) is 2. The van der Waals surface area contributed by atoms with E-state index in [4.69, 9.17) is 15.2 Å². The molecule has 2 fully saturated rings. The first-order valence-electron chi connectivity index (χ1n) is 8.70. The number of carbonyl (C=O) groups excluding carboxylic acids is 1. The van der Waals surface area contributed by atoms with Crippen LogP contribution in [0, 0.1) is 5.41 Å². The van der Waals surface area contributed by atoms with E-state index in [1.165, 1.54) is 5.56 Å². The van der Waals surface area contributed by atoms with Gasteiger partial charge in [-0.2, -0.15) is 0 Å². The third kappa shape index (κ3) is 4.13. The Bertz CT molecular complexity index is 552. The smallest absolute Gasteiger partial charge is 0.232 e. The van der Waals surface area contributed by atoms with E-state index >= 15 is 0 Å². The van der Waals surface area contributed by atoms with E-state index in [2.05, 4.69) is 22.3 Å². The topological polar surface area (TPSA) is 76.8 Å². The van der Waals surface area contributed by atoms with Gasteiger partial charge in [-0.15, -0.1) is 0 Å². The van der Waals surface area contributed by atoms with Crippen LogP contribution < -0.4 is 11.1 Å². The molecule has 1 aromatic rings. The number of hydrogen-bond acceptors (Lipinski definition) is 5. The van der Waals surface area contributed by atoms with Crippen molar-refractivity contribution >= 4 is 11.6 Å². The number of nitrogens with zero attached hydrogens (tertiary/aromatic N) is 1. The Hall–Kier alpha value is -1.47. The molecule has 6 heteroatoms. The average Bonchev–Trinajstić information content (AvgIpc) is 2.63. The number of morpholine rings is 1. The SMILES string of the molecule is NCC1(C(=O)Nc2cccc(CN3CCOCC3)c2)CCOCC1. The standard InChI is InChI=1S/C18H27N3O3/c19-14-18(4-8-23-9-5-18)17(22)20-16-3-1-2-15(12-16)13-21-6-10-24-11-7-21/h1-3,12H,4-11,13-14,19H2,(H,20,22). The van der Waals surface area contributed by atoms with Gasteiger partial charge in [0, 0.05) is 45.1 Å². The summed E-state index contributed by atoms with van der Waals surface area (Å²) in [6, 6.07) is 8.07. The summed E-state index contributed by atoms with van der Waals surface area (Å²) < 4.78 is 10.8. The quantitative estimate of drug-likeness (QED) is 0.847. The maximum absolute atomic E-state index is 12.7. The summed E-state index contributed by atoms with van der Waals surface area (Å²) in [6.07, 6.45) is 1.37. The van der Waals surface area contributed by atoms with Crippen LogP contribution in [-0.2, 0) is 20.8 Å². The molecule has 0 saturated carbocycles. The Balaban J connectivity index is 1.64. The van der Waals surface area contributed by atoms with Crippen molar-refractivity contribution in [3.05, 3.63) is 29.8 Å². The predicted molar refractivity (Wildman–Crippen MR) is 92.7 cm³/mol. The van der Waals surface area contributed by atoms with Gasteiger partial charge in [-0.1, -0.05) is 12.1 Å². The number of rotatable bonds is 5. The van der Waals surface area contributed by atoms with E-state index in [1.807, 2.05) is 12.1 Å². The normalized spacial score (nSPS) is 21.4. The molecule has 0 aromatic heterocycles. The molecule has 1 aromatic carbocycles. The number of carbonyl (C=O) groups is 1. The molecule has 0 aliphatic carbocycles. The second-order valence-corrected chi connectivity index (χ2v) is 6.64. The van der Waals surface area contributed by atoms with Crippen molar-refractivity contribution in [3.63, 3.8) is 0 Å². The van der Waals surface area contributed by atoms with E-state index in [-0.39, 0.29) is 5.91 Å². The lowest BCUT2D eigenvalue weighted by atomic mass is 9.79. The average molecular weight is 333 g/mol. The van der Waals surface area contributed by atoms with Crippen molar-refractivity contribution in [2.45, 2.75) is 19.4 Å². The van der Waals surface area contributed by atoms with Gasteiger partial charge in [-0.05, 0) is 30.5 Å². The summed E-state index contributed by atoms with van der Waals surface area (Å²) in [4.78, 5) is 15.1. The lowest BCUT2D eigenvalue weighted by molar-refractivity contribution is -0.130. The molecule has 2 aliphatic rings. The molecule has 0 spiro atoms. The van der Waals surface area contributed by atoms with Crippen molar-refractivity contribution in [3.8, 4) is 0 Å². The van der Waals surface area contributed by atoms with Crippen LogP contribution in [0.15, 0.2) is 24.3 Å². The van der Waals surface area contributed by atoms with Crippen LogP contribution in [0.2, 0.25) is 0 Å². The summed E-state index contributed by atoms with van der Waals surface area (Å²) in [7, 11) is 0. The van der Waals surface area contributed by atoms with Crippen LogP contribution in [-0.4, -0.2) is 56.9 Å². The highest BCUT2D eigenvalue weighted by Crippen LogP contribution is 2.31. The molecule has 0 unspecified atom stereocenters. The van der Waals surface area contributed by atoms with Gasteiger partial charge in [0.25, 0.3) is 0 Å². The molecule has 3 N–H and O–H groups in total. The van der Waals surface area contributed by atoms with Crippen LogP contribution in [0.5, 0.6) is 0 Å². The highest BCUT2D eigenvalue weighted by molar-refractivity contribution is 5.95. The monoisotopic (exact) mass is 333 g/mol. The van der Waals surface area contributed by atoms with Gasteiger partial charge in [-0.25, -0.2) is 0 Å². The number of hydrogen-bond donors (Lipinski definition) is 2. The zero-order valence-electron chi connectivity index (χ0n) is 14.1. The molecular weight excluding hydrogens is 306 g/mol.